The van der Waals surface area contributed by atoms with E-state index in [-0.39, 0.29) is 23.6 Å². The Kier molecular flexibility index (Phi) is 6.49. The van der Waals surface area contributed by atoms with Gasteiger partial charge >= 0.3 is 5.97 Å². The number of nitrogens with zero attached hydrogens (tertiary/aromatic N) is 2. The van der Waals surface area contributed by atoms with Crippen LogP contribution in [0.2, 0.25) is 0 Å². The van der Waals surface area contributed by atoms with Crippen molar-refractivity contribution in [1.29, 1.82) is 0 Å². The maximum absolute atomic E-state index is 12.4. The maximum Gasteiger partial charge on any atom is 0.353 e. The first-order valence-corrected chi connectivity index (χ1v) is 12.2. The molecule has 0 radical (unpaired) electrons. The molecule has 7 nitrogen and oxygen atoms in total. The van der Waals surface area contributed by atoms with Gasteiger partial charge in [-0.1, -0.05) is 6.92 Å². The summed E-state index contributed by atoms with van der Waals surface area (Å²) in [6, 6.07) is -0.213. The quantitative estimate of drug-likeness (QED) is 0.497. The van der Waals surface area contributed by atoms with E-state index in [9.17, 15) is 19.8 Å². The van der Waals surface area contributed by atoms with Crippen LogP contribution in [0.4, 0.5) is 0 Å². The standard InChI is InChI=1S/C22H35N3O4S/c1-12-18-17(13(2)26)21(27)25(18)19(22(28)29)20(12)30-16-10-24(11-16)9-15-6-4-14(5-7-15)8-23-3/h12-18,23,26H,4-11H2,1-3H3,(H,28,29)/t12?,13-,14?,15?,17?,18?/m1/s1. The first-order valence-electron chi connectivity index (χ1n) is 11.3. The van der Waals surface area contributed by atoms with E-state index in [1.165, 1.54) is 30.6 Å². The molecule has 4 aliphatic rings. The van der Waals surface area contributed by atoms with E-state index in [1.54, 1.807) is 18.7 Å². The largest absolute Gasteiger partial charge is 0.477 e. The number of aliphatic hydroxyl groups excluding tert-OH is 1. The molecule has 2 saturated heterocycles. The highest BCUT2D eigenvalue weighted by atomic mass is 32.2. The van der Waals surface area contributed by atoms with Crippen molar-refractivity contribution in [3.05, 3.63) is 10.6 Å². The van der Waals surface area contributed by atoms with Gasteiger partial charge in [0, 0.05) is 35.7 Å². The number of nitrogens with one attached hydrogen (secondary N) is 1. The Bertz CT molecular complexity index is 713. The molecule has 0 bridgehead atoms. The van der Waals surface area contributed by atoms with Crippen molar-refractivity contribution in [2.24, 2.45) is 23.7 Å². The van der Waals surface area contributed by atoms with Crippen LogP contribution < -0.4 is 5.32 Å². The Morgan fingerprint density at radius 2 is 1.87 bits per heavy atom. The Labute approximate surface area is 183 Å². The average molecular weight is 438 g/mol. The minimum atomic E-state index is -1.03. The lowest BCUT2D eigenvalue weighted by molar-refractivity contribution is -0.163. The van der Waals surface area contributed by atoms with Crippen molar-refractivity contribution in [3.63, 3.8) is 0 Å². The Morgan fingerprint density at radius 3 is 2.43 bits per heavy atom. The van der Waals surface area contributed by atoms with Gasteiger partial charge in [-0.05, 0) is 58.0 Å². The fourth-order valence-electron chi connectivity index (χ4n) is 5.88. The second kappa shape index (κ2) is 8.81. The van der Waals surface area contributed by atoms with Crippen LogP contribution in [-0.4, -0.2) is 82.5 Å². The lowest BCUT2D eigenvalue weighted by atomic mass is 9.79. The maximum atomic E-state index is 12.4. The van der Waals surface area contributed by atoms with E-state index in [4.69, 9.17) is 0 Å². The first kappa shape index (κ1) is 22.1. The number of aliphatic carboxylic acids is 1. The topological polar surface area (TPSA) is 93.1 Å². The minimum absolute atomic E-state index is 0.0325. The molecular weight excluding hydrogens is 402 g/mol. The van der Waals surface area contributed by atoms with Gasteiger partial charge in [0.05, 0.1) is 18.1 Å². The SMILES string of the molecule is CNCC1CCC(CN2CC(SC3=C(C(=O)O)N4C(=O)C([C@@H](C)O)C4C3C)C2)CC1. The fourth-order valence-corrected chi connectivity index (χ4v) is 7.46. The van der Waals surface area contributed by atoms with Gasteiger partial charge in [0.1, 0.15) is 5.70 Å². The minimum Gasteiger partial charge on any atom is -0.477 e. The number of carbonyl (C=O) groups is 2. The van der Waals surface area contributed by atoms with E-state index in [0.29, 0.717) is 5.25 Å². The van der Waals surface area contributed by atoms with Crippen LogP contribution in [0.1, 0.15) is 39.5 Å². The van der Waals surface area contributed by atoms with Crippen molar-refractivity contribution >= 4 is 23.6 Å². The van der Waals surface area contributed by atoms with Gasteiger partial charge in [-0.15, -0.1) is 11.8 Å². The predicted molar refractivity (Wildman–Crippen MR) is 117 cm³/mol. The van der Waals surface area contributed by atoms with Crippen molar-refractivity contribution in [2.45, 2.75) is 56.9 Å². The van der Waals surface area contributed by atoms with E-state index < -0.39 is 18.0 Å². The molecule has 1 saturated carbocycles. The second-order valence-corrected chi connectivity index (χ2v) is 11.0. The molecular formula is C22H35N3O4S. The summed E-state index contributed by atoms with van der Waals surface area (Å²) in [4.78, 5) is 29.1. The number of likely N-dealkylation sites (tertiary alicyclic amines) is 1. The number of carbonyl (C=O) groups excluding carboxylic acids is 1. The van der Waals surface area contributed by atoms with Crippen LogP contribution in [-0.2, 0) is 9.59 Å². The zero-order valence-electron chi connectivity index (χ0n) is 18.2. The highest BCUT2D eigenvalue weighted by Gasteiger charge is 2.60. The summed E-state index contributed by atoms with van der Waals surface area (Å²) in [5, 5.41) is 23.4. The summed E-state index contributed by atoms with van der Waals surface area (Å²) in [6.45, 7) is 7.88. The van der Waals surface area contributed by atoms with Crippen LogP contribution in [0.25, 0.3) is 0 Å². The highest BCUT2D eigenvalue weighted by molar-refractivity contribution is 8.03. The number of β-lactam (4-membered cyclic amide) rings is 1. The third-order valence-electron chi connectivity index (χ3n) is 7.50. The first-order chi connectivity index (χ1) is 14.3. The van der Waals surface area contributed by atoms with Gasteiger partial charge in [0.2, 0.25) is 5.91 Å². The normalized spacial score (nSPS) is 35.8. The number of rotatable bonds is 8. The Morgan fingerprint density at radius 1 is 1.23 bits per heavy atom. The van der Waals surface area contributed by atoms with Crippen molar-refractivity contribution < 1.29 is 19.8 Å². The van der Waals surface area contributed by atoms with Gasteiger partial charge in [0.25, 0.3) is 0 Å². The van der Waals surface area contributed by atoms with E-state index in [0.717, 1.165) is 42.9 Å². The van der Waals surface area contributed by atoms with Crippen LogP contribution in [0.3, 0.4) is 0 Å². The third kappa shape index (κ3) is 3.92. The zero-order valence-corrected chi connectivity index (χ0v) is 19.0. The van der Waals surface area contributed by atoms with E-state index in [1.807, 2.05) is 14.0 Å². The van der Waals surface area contributed by atoms with Crippen molar-refractivity contribution in [2.75, 3.05) is 33.2 Å². The molecule has 3 aliphatic heterocycles. The number of hydrogen-bond acceptors (Lipinski definition) is 6. The number of amides is 1. The molecule has 4 rings (SSSR count). The fraction of sp³-hybridized carbons (Fsp3) is 0.818. The van der Waals surface area contributed by atoms with Gasteiger partial charge in [-0.3, -0.25) is 4.79 Å². The number of carboxylic acid groups (broad SMARTS) is 1. The monoisotopic (exact) mass is 437 g/mol. The summed E-state index contributed by atoms with van der Waals surface area (Å²) >= 11 is 1.65. The highest BCUT2D eigenvalue weighted by Crippen LogP contribution is 2.52. The molecule has 30 heavy (non-hydrogen) atoms. The number of fused-ring (bicyclic) bond motifs is 1. The smallest absolute Gasteiger partial charge is 0.353 e. The molecule has 0 aromatic heterocycles. The molecule has 8 heteroatoms. The number of carboxylic acids is 1. The molecule has 0 aromatic carbocycles. The average Bonchev–Trinajstić information content (AvgIpc) is 2.90. The van der Waals surface area contributed by atoms with Crippen molar-refractivity contribution in [3.8, 4) is 0 Å². The summed E-state index contributed by atoms with van der Waals surface area (Å²) in [5.41, 5.74) is 0.153. The summed E-state index contributed by atoms with van der Waals surface area (Å²) in [7, 11) is 2.03. The molecule has 1 amide bonds. The summed E-state index contributed by atoms with van der Waals surface area (Å²) in [5.74, 6) is -0.180. The van der Waals surface area contributed by atoms with E-state index >= 15 is 0 Å². The van der Waals surface area contributed by atoms with Crippen LogP contribution in [0.15, 0.2) is 10.6 Å². The van der Waals surface area contributed by atoms with Gasteiger partial charge in [0.15, 0.2) is 0 Å². The molecule has 4 atom stereocenters. The van der Waals surface area contributed by atoms with Crippen molar-refractivity contribution in [1.82, 2.24) is 15.1 Å². The Balaban J connectivity index is 1.30. The Hall–Kier alpha value is -1.09. The predicted octanol–water partition coefficient (Wildman–Crippen LogP) is 1.58. The summed E-state index contributed by atoms with van der Waals surface area (Å²) in [6.07, 6.45) is 4.51. The third-order valence-corrected chi connectivity index (χ3v) is 8.95. The number of hydrogen-bond donors (Lipinski definition) is 3. The molecule has 3 heterocycles. The molecule has 3 unspecified atom stereocenters. The second-order valence-electron chi connectivity index (χ2n) is 9.67. The number of thioether (sulfide) groups is 1. The number of aliphatic hydroxyl groups is 1. The van der Waals surface area contributed by atoms with E-state index in [2.05, 4.69) is 10.2 Å². The molecule has 1 aliphatic carbocycles. The molecule has 3 N–H and O–H groups in total. The molecule has 3 fully saturated rings. The lowest BCUT2D eigenvalue weighted by Crippen LogP contribution is -2.63. The molecule has 168 valence electrons. The van der Waals surface area contributed by atoms with Gasteiger partial charge in [-0.25, -0.2) is 4.79 Å². The van der Waals surface area contributed by atoms with Crippen LogP contribution >= 0.6 is 11.8 Å². The molecule has 0 spiro atoms. The van der Waals surface area contributed by atoms with Gasteiger partial charge < -0.3 is 25.3 Å². The lowest BCUT2D eigenvalue weighted by Gasteiger charge is -2.46. The van der Waals surface area contributed by atoms with Crippen LogP contribution in [0.5, 0.6) is 0 Å². The summed E-state index contributed by atoms with van der Waals surface area (Å²) < 4.78 is 0. The van der Waals surface area contributed by atoms with Crippen LogP contribution in [0, 0.1) is 23.7 Å². The zero-order chi connectivity index (χ0) is 21.6. The van der Waals surface area contributed by atoms with Gasteiger partial charge in [-0.2, -0.15) is 0 Å². The molecule has 0 aromatic rings.